The van der Waals surface area contributed by atoms with Gasteiger partial charge >= 0.3 is 5.97 Å². The summed E-state index contributed by atoms with van der Waals surface area (Å²) < 4.78 is 13.3. The molecule has 21 heavy (non-hydrogen) atoms. The predicted octanol–water partition coefficient (Wildman–Crippen LogP) is 2.08. The van der Waals surface area contributed by atoms with Crippen molar-refractivity contribution in [3.8, 4) is 0 Å². The first-order valence-electron chi connectivity index (χ1n) is 7.28. The lowest BCUT2D eigenvalue weighted by Crippen LogP contribution is -2.45. The largest absolute Gasteiger partial charge is 0.481 e. The molecule has 1 amide bonds. The van der Waals surface area contributed by atoms with Gasteiger partial charge in [-0.05, 0) is 43.4 Å². The van der Waals surface area contributed by atoms with Crippen LogP contribution in [0.15, 0.2) is 24.3 Å². The van der Waals surface area contributed by atoms with Gasteiger partial charge in [-0.2, -0.15) is 0 Å². The molecular weight excluding hydrogens is 273 g/mol. The quantitative estimate of drug-likeness (QED) is 0.873. The summed E-state index contributed by atoms with van der Waals surface area (Å²) in [6.45, 7) is 0.456. The molecule has 2 fully saturated rings. The number of halogens is 1. The molecule has 2 atom stereocenters. The molecule has 5 heteroatoms. The maximum atomic E-state index is 13.3. The molecule has 0 aromatic heterocycles. The molecule has 0 radical (unpaired) electrons. The van der Waals surface area contributed by atoms with Crippen molar-refractivity contribution in [3.05, 3.63) is 35.6 Å². The summed E-state index contributed by atoms with van der Waals surface area (Å²) >= 11 is 0. The second kappa shape index (κ2) is 5.13. The molecule has 3 rings (SSSR count). The number of hydrogen-bond acceptors (Lipinski definition) is 2. The number of benzene rings is 1. The molecule has 0 saturated heterocycles. The van der Waals surface area contributed by atoms with E-state index in [-0.39, 0.29) is 17.1 Å². The molecule has 0 spiro atoms. The van der Waals surface area contributed by atoms with Crippen molar-refractivity contribution in [2.75, 3.05) is 6.54 Å². The van der Waals surface area contributed by atoms with E-state index < -0.39 is 17.8 Å². The van der Waals surface area contributed by atoms with E-state index in [1.165, 1.54) is 12.1 Å². The Hall–Kier alpha value is -1.91. The Morgan fingerprint density at radius 2 is 2.00 bits per heavy atom. The number of nitrogens with one attached hydrogen (secondary N) is 1. The fourth-order valence-electron chi connectivity index (χ4n) is 3.03. The highest BCUT2D eigenvalue weighted by atomic mass is 19.1. The van der Waals surface area contributed by atoms with E-state index in [0.29, 0.717) is 19.4 Å². The van der Waals surface area contributed by atoms with Crippen LogP contribution in [0.25, 0.3) is 0 Å². The number of hydrogen-bond donors (Lipinski definition) is 2. The third-order valence-corrected chi connectivity index (χ3v) is 4.82. The van der Waals surface area contributed by atoms with Gasteiger partial charge in [-0.15, -0.1) is 0 Å². The van der Waals surface area contributed by atoms with Crippen LogP contribution < -0.4 is 5.32 Å². The summed E-state index contributed by atoms with van der Waals surface area (Å²) in [7, 11) is 0. The van der Waals surface area contributed by atoms with Gasteiger partial charge in [0.05, 0.1) is 11.8 Å². The molecule has 2 aliphatic rings. The molecule has 1 aromatic rings. The van der Waals surface area contributed by atoms with Gasteiger partial charge < -0.3 is 10.4 Å². The Bertz CT molecular complexity index is 583. The lowest BCUT2D eigenvalue weighted by Gasteiger charge is -2.32. The number of carboxylic acids is 1. The molecule has 4 nitrogen and oxygen atoms in total. The minimum atomic E-state index is -0.896. The molecule has 0 aliphatic heterocycles. The normalized spacial score (nSPS) is 25.8. The average molecular weight is 291 g/mol. The smallest absolute Gasteiger partial charge is 0.307 e. The van der Waals surface area contributed by atoms with E-state index in [1.807, 2.05) is 6.07 Å². The van der Waals surface area contributed by atoms with Gasteiger partial charge in [0.1, 0.15) is 5.82 Å². The number of rotatable bonds is 5. The summed E-state index contributed by atoms with van der Waals surface area (Å²) in [5.74, 6) is -2.31. The van der Waals surface area contributed by atoms with E-state index in [2.05, 4.69) is 5.32 Å². The van der Waals surface area contributed by atoms with Crippen LogP contribution in [0.3, 0.4) is 0 Å². The topological polar surface area (TPSA) is 66.4 Å². The van der Waals surface area contributed by atoms with Crippen molar-refractivity contribution < 1.29 is 19.1 Å². The van der Waals surface area contributed by atoms with Crippen molar-refractivity contribution >= 4 is 11.9 Å². The summed E-state index contributed by atoms with van der Waals surface area (Å²) in [5, 5.41) is 11.8. The van der Waals surface area contributed by atoms with E-state index in [1.54, 1.807) is 6.07 Å². The van der Waals surface area contributed by atoms with Crippen LogP contribution >= 0.6 is 0 Å². The van der Waals surface area contributed by atoms with Crippen LogP contribution in [-0.4, -0.2) is 23.5 Å². The summed E-state index contributed by atoms with van der Waals surface area (Å²) in [5.41, 5.74) is 0.742. The monoisotopic (exact) mass is 291 g/mol. The zero-order valence-electron chi connectivity index (χ0n) is 11.6. The van der Waals surface area contributed by atoms with Crippen LogP contribution in [0.2, 0.25) is 0 Å². The molecule has 0 heterocycles. The molecule has 2 N–H and O–H groups in total. The van der Waals surface area contributed by atoms with Gasteiger partial charge in [0.2, 0.25) is 5.91 Å². The standard InChI is InChI=1S/C16H18FNO3/c17-11-3-1-2-10(8-11)16(6-7-16)9-18-14(19)12-4-5-13(12)15(20)21/h1-3,8,12-13H,4-7,9H2,(H,18,19)(H,20,21). The molecule has 2 unspecified atom stereocenters. The van der Waals surface area contributed by atoms with Gasteiger partial charge in [0.25, 0.3) is 0 Å². The number of aliphatic carboxylic acids is 1. The maximum Gasteiger partial charge on any atom is 0.307 e. The Balaban J connectivity index is 1.60. The first-order chi connectivity index (χ1) is 10.0. The molecular formula is C16H18FNO3. The van der Waals surface area contributed by atoms with Crippen molar-refractivity contribution in [3.63, 3.8) is 0 Å². The lowest BCUT2D eigenvalue weighted by molar-refractivity contribution is -0.152. The fourth-order valence-corrected chi connectivity index (χ4v) is 3.03. The predicted molar refractivity (Wildman–Crippen MR) is 74.2 cm³/mol. The van der Waals surface area contributed by atoms with Crippen LogP contribution in [-0.2, 0) is 15.0 Å². The third-order valence-electron chi connectivity index (χ3n) is 4.82. The number of carboxylic acid groups (broad SMARTS) is 1. The van der Waals surface area contributed by atoms with Crippen molar-refractivity contribution in [1.82, 2.24) is 5.32 Å². The minimum Gasteiger partial charge on any atom is -0.481 e. The average Bonchev–Trinajstić information content (AvgIpc) is 3.15. The van der Waals surface area contributed by atoms with Gasteiger partial charge in [-0.3, -0.25) is 9.59 Å². The lowest BCUT2D eigenvalue weighted by atomic mass is 9.73. The molecule has 112 valence electrons. The maximum absolute atomic E-state index is 13.3. The first kappa shape index (κ1) is 14.0. The van der Waals surface area contributed by atoms with Gasteiger partial charge in [-0.25, -0.2) is 4.39 Å². The van der Waals surface area contributed by atoms with E-state index >= 15 is 0 Å². The van der Waals surface area contributed by atoms with E-state index in [0.717, 1.165) is 18.4 Å². The third kappa shape index (κ3) is 2.64. The Labute approximate surface area is 122 Å². The zero-order valence-corrected chi connectivity index (χ0v) is 11.6. The van der Waals surface area contributed by atoms with Gasteiger partial charge in [-0.1, -0.05) is 12.1 Å². The van der Waals surface area contributed by atoms with Crippen molar-refractivity contribution in [2.24, 2.45) is 11.8 Å². The first-order valence-corrected chi connectivity index (χ1v) is 7.28. The van der Waals surface area contributed by atoms with Crippen LogP contribution in [0.4, 0.5) is 4.39 Å². The number of carbonyl (C=O) groups is 2. The molecule has 0 bridgehead atoms. The van der Waals surface area contributed by atoms with E-state index in [4.69, 9.17) is 5.11 Å². The molecule has 1 aromatic carbocycles. The Morgan fingerprint density at radius 1 is 1.29 bits per heavy atom. The second-order valence-corrected chi connectivity index (χ2v) is 6.14. The van der Waals surface area contributed by atoms with Crippen LogP contribution in [0.1, 0.15) is 31.2 Å². The highest BCUT2D eigenvalue weighted by Crippen LogP contribution is 2.48. The highest BCUT2D eigenvalue weighted by Gasteiger charge is 2.46. The Kier molecular flexibility index (Phi) is 3.43. The minimum absolute atomic E-state index is 0.166. The Morgan fingerprint density at radius 3 is 2.52 bits per heavy atom. The van der Waals surface area contributed by atoms with Crippen LogP contribution in [0, 0.1) is 17.7 Å². The van der Waals surface area contributed by atoms with Crippen LogP contribution in [0.5, 0.6) is 0 Å². The second-order valence-electron chi connectivity index (χ2n) is 6.14. The SMILES string of the molecule is O=C(O)C1CCC1C(=O)NCC1(c2cccc(F)c2)CC1. The van der Waals surface area contributed by atoms with Gasteiger partial charge in [0, 0.05) is 12.0 Å². The molecule has 2 saturated carbocycles. The van der Waals surface area contributed by atoms with Crippen molar-refractivity contribution in [1.29, 1.82) is 0 Å². The molecule has 2 aliphatic carbocycles. The summed E-state index contributed by atoms with van der Waals surface area (Å²) in [6, 6.07) is 6.48. The number of carbonyl (C=O) groups excluding carboxylic acids is 1. The zero-order chi connectivity index (χ0) is 15.0. The summed E-state index contributed by atoms with van der Waals surface area (Å²) in [6.07, 6.45) is 3.05. The van der Waals surface area contributed by atoms with Gasteiger partial charge in [0.15, 0.2) is 0 Å². The summed E-state index contributed by atoms with van der Waals surface area (Å²) in [4.78, 5) is 23.0. The van der Waals surface area contributed by atoms with E-state index in [9.17, 15) is 14.0 Å². The van der Waals surface area contributed by atoms with Crippen molar-refractivity contribution in [2.45, 2.75) is 31.1 Å². The fraction of sp³-hybridized carbons (Fsp3) is 0.500. The number of amides is 1. The highest BCUT2D eigenvalue weighted by molar-refractivity contribution is 5.86.